The van der Waals surface area contributed by atoms with Crippen molar-refractivity contribution >= 4 is 29.3 Å². The second-order valence-electron chi connectivity index (χ2n) is 5.81. The lowest BCUT2D eigenvalue weighted by Gasteiger charge is -2.26. The molecule has 3 rings (SSSR count). The summed E-state index contributed by atoms with van der Waals surface area (Å²) >= 11 is 7.92. The van der Waals surface area contributed by atoms with Crippen molar-refractivity contribution in [2.24, 2.45) is 0 Å². The summed E-state index contributed by atoms with van der Waals surface area (Å²) in [5.41, 5.74) is 1.98. The Labute approximate surface area is 156 Å². The van der Waals surface area contributed by atoms with Crippen LogP contribution in [-0.4, -0.2) is 25.9 Å². The van der Waals surface area contributed by atoms with Crippen LogP contribution >= 0.6 is 23.4 Å². The second-order valence-corrected chi connectivity index (χ2v) is 7.38. The quantitative estimate of drug-likeness (QED) is 0.846. The van der Waals surface area contributed by atoms with Gasteiger partial charge in [-0.3, -0.25) is 4.79 Å². The fourth-order valence-corrected chi connectivity index (χ4v) is 4.22. The highest BCUT2D eigenvalue weighted by Crippen LogP contribution is 2.37. The lowest BCUT2D eigenvalue weighted by molar-refractivity contribution is -0.121. The highest BCUT2D eigenvalue weighted by Gasteiger charge is 2.22. The molecule has 2 aromatic rings. The van der Waals surface area contributed by atoms with Crippen LogP contribution in [0.5, 0.6) is 11.5 Å². The van der Waals surface area contributed by atoms with Gasteiger partial charge in [-0.1, -0.05) is 17.7 Å². The molecular formula is C19H20ClNO3S. The minimum absolute atomic E-state index is 0.00240. The van der Waals surface area contributed by atoms with Crippen LogP contribution < -0.4 is 14.8 Å². The van der Waals surface area contributed by atoms with E-state index < -0.39 is 0 Å². The minimum atomic E-state index is -0.0185. The normalized spacial score (nSPS) is 16.0. The number of nitrogens with one attached hydrogen (secondary N) is 1. The summed E-state index contributed by atoms with van der Waals surface area (Å²) in [4.78, 5) is 13.7. The monoisotopic (exact) mass is 377 g/mol. The first kappa shape index (κ1) is 18.0. The molecule has 25 heavy (non-hydrogen) atoms. The number of amides is 1. The molecule has 0 saturated carbocycles. The molecule has 1 heterocycles. The molecule has 0 radical (unpaired) electrons. The summed E-state index contributed by atoms with van der Waals surface area (Å²) < 4.78 is 10.5. The smallest absolute Gasteiger partial charge is 0.224 e. The molecule has 0 bridgehead atoms. The lowest BCUT2D eigenvalue weighted by atomic mass is 10.0. The molecular weight excluding hydrogens is 358 g/mol. The van der Waals surface area contributed by atoms with Crippen LogP contribution in [0.4, 0.5) is 0 Å². The average molecular weight is 378 g/mol. The van der Waals surface area contributed by atoms with E-state index >= 15 is 0 Å². The zero-order chi connectivity index (χ0) is 17.8. The van der Waals surface area contributed by atoms with E-state index in [0.29, 0.717) is 22.9 Å². The number of fused-ring (bicyclic) bond motifs is 1. The number of carbonyl (C=O) groups excluding carboxylic acids is 1. The zero-order valence-electron chi connectivity index (χ0n) is 14.2. The highest BCUT2D eigenvalue weighted by atomic mass is 35.5. The van der Waals surface area contributed by atoms with Crippen molar-refractivity contribution in [3.63, 3.8) is 0 Å². The third-order valence-electron chi connectivity index (χ3n) is 4.16. The van der Waals surface area contributed by atoms with E-state index in [2.05, 4.69) is 5.32 Å². The Bertz CT molecular complexity index is 781. The zero-order valence-corrected chi connectivity index (χ0v) is 15.7. The Morgan fingerprint density at radius 3 is 2.76 bits per heavy atom. The number of hydrogen-bond donors (Lipinski definition) is 1. The van der Waals surface area contributed by atoms with Crippen LogP contribution in [0.3, 0.4) is 0 Å². The molecule has 0 spiro atoms. The number of carbonyl (C=O) groups is 1. The van der Waals surface area contributed by atoms with Gasteiger partial charge < -0.3 is 14.8 Å². The molecule has 0 saturated heterocycles. The molecule has 0 aromatic heterocycles. The Morgan fingerprint density at radius 1 is 1.20 bits per heavy atom. The molecule has 2 aromatic carbocycles. The van der Waals surface area contributed by atoms with Crippen molar-refractivity contribution in [1.29, 1.82) is 0 Å². The van der Waals surface area contributed by atoms with Crippen molar-refractivity contribution in [2.45, 2.75) is 23.8 Å². The maximum atomic E-state index is 12.5. The van der Waals surface area contributed by atoms with E-state index in [1.165, 1.54) is 4.90 Å². The molecule has 1 aliphatic heterocycles. The van der Waals surface area contributed by atoms with E-state index in [9.17, 15) is 4.79 Å². The first-order chi connectivity index (χ1) is 12.1. The minimum Gasteiger partial charge on any atom is -0.493 e. The van der Waals surface area contributed by atoms with Gasteiger partial charge in [0.05, 0.1) is 26.7 Å². The predicted octanol–water partition coefficient (Wildman–Crippen LogP) is 4.25. The first-order valence-electron chi connectivity index (χ1n) is 8.03. The van der Waals surface area contributed by atoms with E-state index in [4.69, 9.17) is 21.1 Å². The van der Waals surface area contributed by atoms with E-state index in [0.717, 1.165) is 23.3 Å². The predicted molar refractivity (Wildman–Crippen MR) is 101 cm³/mol. The Morgan fingerprint density at radius 2 is 2.00 bits per heavy atom. The van der Waals surface area contributed by atoms with Gasteiger partial charge in [0.1, 0.15) is 0 Å². The summed E-state index contributed by atoms with van der Waals surface area (Å²) in [5, 5.41) is 3.83. The first-order valence-corrected chi connectivity index (χ1v) is 9.39. The SMILES string of the molecule is COc1ccc(CC(=O)NC2CCSc3ccc(Cl)cc32)cc1OC. The third kappa shape index (κ3) is 4.22. The van der Waals surface area contributed by atoms with Gasteiger partial charge in [0.2, 0.25) is 5.91 Å². The Kier molecular flexibility index (Phi) is 5.76. The molecule has 1 atom stereocenters. The molecule has 4 nitrogen and oxygen atoms in total. The standard InChI is InChI=1S/C19H20ClNO3S/c1-23-16-5-3-12(9-17(16)24-2)10-19(22)21-15-7-8-25-18-6-4-13(20)11-14(15)18/h3-6,9,11,15H,7-8,10H2,1-2H3,(H,21,22). The Hall–Kier alpha value is -1.85. The topological polar surface area (TPSA) is 47.6 Å². The van der Waals surface area contributed by atoms with Gasteiger partial charge in [0.25, 0.3) is 0 Å². The van der Waals surface area contributed by atoms with Gasteiger partial charge in [-0.2, -0.15) is 0 Å². The third-order valence-corrected chi connectivity index (χ3v) is 5.52. The van der Waals surface area contributed by atoms with E-state index in [1.807, 2.05) is 36.4 Å². The van der Waals surface area contributed by atoms with Crippen LogP contribution in [0.2, 0.25) is 5.02 Å². The average Bonchev–Trinajstić information content (AvgIpc) is 2.62. The summed E-state index contributed by atoms with van der Waals surface area (Å²) in [6.07, 6.45) is 1.19. The van der Waals surface area contributed by atoms with E-state index in [1.54, 1.807) is 26.0 Å². The number of benzene rings is 2. The molecule has 0 fully saturated rings. The molecule has 1 amide bonds. The van der Waals surface area contributed by atoms with Crippen LogP contribution in [-0.2, 0) is 11.2 Å². The lowest BCUT2D eigenvalue weighted by Crippen LogP contribution is -2.31. The molecule has 6 heteroatoms. The fourth-order valence-electron chi connectivity index (χ4n) is 2.94. The maximum Gasteiger partial charge on any atom is 0.224 e. The van der Waals surface area contributed by atoms with Gasteiger partial charge in [-0.05, 0) is 47.9 Å². The molecule has 0 aliphatic carbocycles. The summed E-state index contributed by atoms with van der Waals surface area (Å²) in [7, 11) is 3.18. The number of hydrogen-bond acceptors (Lipinski definition) is 4. The summed E-state index contributed by atoms with van der Waals surface area (Å²) in [6.45, 7) is 0. The Balaban J connectivity index is 1.71. The van der Waals surface area contributed by atoms with E-state index in [-0.39, 0.29) is 11.9 Å². The number of methoxy groups -OCH3 is 2. The molecule has 132 valence electrons. The van der Waals surface area contributed by atoms with Gasteiger partial charge >= 0.3 is 0 Å². The van der Waals surface area contributed by atoms with Crippen LogP contribution in [0, 0.1) is 0 Å². The van der Waals surface area contributed by atoms with Crippen molar-refractivity contribution < 1.29 is 14.3 Å². The van der Waals surface area contributed by atoms with Gasteiger partial charge in [-0.25, -0.2) is 0 Å². The van der Waals surface area contributed by atoms with Crippen LogP contribution in [0.25, 0.3) is 0 Å². The van der Waals surface area contributed by atoms with Crippen LogP contribution in [0.15, 0.2) is 41.3 Å². The van der Waals surface area contributed by atoms with Gasteiger partial charge in [0, 0.05) is 15.7 Å². The molecule has 1 unspecified atom stereocenters. The molecule has 1 N–H and O–H groups in total. The second kappa shape index (κ2) is 8.02. The fraction of sp³-hybridized carbons (Fsp3) is 0.316. The maximum absolute atomic E-state index is 12.5. The molecule has 1 aliphatic rings. The van der Waals surface area contributed by atoms with Gasteiger partial charge in [0.15, 0.2) is 11.5 Å². The van der Waals surface area contributed by atoms with Crippen molar-refractivity contribution in [2.75, 3.05) is 20.0 Å². The van der Waals surface area contributed by atoms with Crippen molar-refractivity contribution in [3.05, 3.63) is 52.5 Å². The summed E-state index contributed by atoms with van der Waals surface area (Å²) in [5.74, 6) is 2.24. The number of halogens is 1. The number of ether oxygens (including phenoxy) is 2. The van der Waals surface area contributed by atoms with Crippen molar-refractivity contribution in [3.8, 4) is 11.5 Å². The number of rotatable bonds is 5. The summed E-state index contributed by atoms with van der Waals surface area (Å²) in [6, 6.07) is 11.4. The van der Waals surface area contributed by atoms with Gasteiger partial charge in [-0.15, -0.1) is 11.8 Å². The largest absolute Gasteiger partial charge is 0.493 e. The van der Waals surface area contributed by atoms with Crippen LogP contribution in [0.1, 0.15) is 23.6 Å². The number of thioether (sulfide) groups is 1. The highest BCUT2D eigenvalue weighted by molar-refractivity contribution is 7.99. The van der Waals surface area contributed by atoms with Crippen molar-refractivity contribution in [1.82, 2.24) is 5.32 Å².